The van der Waals surface area contributed by atoms with Crippen LogP contribution in [-0.4, -0.2) is 36.3 Å². The van der Waals surface area contributed by atoms with E-state index >= 15 is 0 Å². The maximum Gasteiger partial charge on any atom is 0.253 e. The summed E-state index contributed by atoms with van der Waals surface area (Å²) in [6.45, 7) is 1.62. The number of carbonyl (C=O) groups excluding carboxylic acids is 2. The van der Waals surface area contributed by atoms with E-state index in [4.69, 9.17) is 34.8 Å². The van der Waals surface area contributed by atoms with Gasteiger partial charge in [0, 0.05) is 24.3 Å². The number of nitrogens with zero attached hydrogens (tertiary/aromatic N) is 1. The zero-order valence-electron chi connectivity index (χ0n) is 14.4. The molecule has 2 aromatic rings. The van der Waals surface area contributed by atoms with Crippen LogP contribution in [0, 0.1) is 0 Å². The number of benzene rings is 2. The lowest BCUT2D eigenvalue weighted by Crippen LogP contribution is -2.27. The second-order valence-electron chi connectivity index (χ2n) is 6.22. The number of rotatable bonds is 5. The molecule has 0 radical (unpaired) electrons. The lowest BCUT2D eigenvalue weighted by Gasteiger charge is -2.15. The first kappa shape index (κ1) is 19.8. The van der Waals surface area contributed by atoms with E-state index < -0.39 is 0 Å². The number of halogens is 3. The van der Waals surface area contributed by atoms with Crippen LogP contribution in [0.25, 0.3) is 0 Å². The molecule has 27 heavy (non-hydrogen) atoms. The Morgan fingerprint density at radius 1 is 0.926 bits per heavy atom. The molecule has 0 saturated carbocycles. The molecule has 1 fully saturated rings. The number of nitrogens with one attached hydrogen (secondary N) is 2. The molecule has 2 amide bonds. The Hall–Kier alpha value is -1.95. The molecule has 1 aliphatic rings. The molecular formula is C19H18Cl3N3O2. The third-order valence-electron chi connectivity index (χ3n) is 4.26. The van der Waals surface area contributed by atoms with Crippen LogP contribution in [0.2, 0.25) is 15.1 Å². The normalized spacial score (nSPS) is 13.5. The molecule has 1 heterocycles. The van der Waals surface area contributed by atoms with Crippen LogP contribution in [-0.2, 0) is 4.79 Å². The van der Waals surface area contributed by atoms with E-state index in [9.17, 15) is 9.59 Å². The van der Waals surface area contributed by atoms with E-state index in [-0.39, 0.29) is 18.4 Å². The third kappa shape index (κ3) is 5.06. The molecule has 2 aromatic carbocycles. The average molecular weight is 427 g/mol. The van der Waals surface area contributed by atoms with Gasteiger partial charge in [-0.2, -0.15) is 0 Å². The Morgan fingerprint density at radius 2 is 1.56 bits per heavy atom. The summed E-state index contributed by atoms with van der Waals surface area (Å²) in [5.74, 6) is -0.225. The fourth-order valence-corrected chi connectivity index (χ4v) is 3.45. The Labute approximate surface area is 172 Å². The summed E-state index contributed by atoms with van der Waals surface area (Å²) in [5.41, 5.74) is 1.75. The molecule has 0 spiro atoms. The van der Waals surface area contributed by atoms with Crippen LogP contribution in [0.5, 0.6) is 0 Å². The lowest BCUT2D eigenvalue weighted by molar-refractivity contribution is -0.114. The first-order valence-electron chi connectivity index (χ1n) is 8.51. The van der Waals surface area contributed by atoms with E-state index in [1.54, 1.807) is 30.3 Å². The highest BCUT2D eigenvalue weighted by atomic mass is 35.5. The molecule has 0 bridgehead atoms. The molecule has 8 heteroatoms. The maximum atomic E-state index is 12.3. The minimum Gasteiger partial charge on any atom is -0.375 e. The van der Waals surface area contributed by atoms with Crippen molar-refractivity contribution in [1.29, 1.82) is 0 Å². The highest BCUT2D eigenvalue weighted by Gasteiger charge is 2.19. The van der Waals surface area contributed by atoms with Crippen molar-refractivity contribution < 1.29 is 9.59 Å². The summed E-state index contributed by atoms with van der Waals surface area (Å²) in [6.07, 6.45) is 2.10. The molecular weight excluding hydrogens is 409 g/mol. The van der Waals surface area contributed by atoms with Crippen molar-refractivity contribution in [2.24, 2.45) is 0 Å². The van der Waals surface area contributed by atoms with E-state index in [0.717, 1.165) is 25.9 Å². The lowest BCUT2D eigenvalue weighted by atomic mass is 10.2. The van der Waals surface area contributed by atoms with E-state index in [1.807, 2.05) is 4.90 Å². The predicted octanol–water partition coefficient (Wildman–Crippen LogP) is 4.93. The van der Waals surface area contributed by atoms with Gasteiger partial charge in [0.25, 0.3) is 5.91 Å². The van der Waals surface area contributed by atoms with Crippen molar-refractivity contribution in [1.82, 2.24) is 4.90 Å². The summed E-state index contributed by atoms with van der Waals surface area (Å²) in [5, 5.41) is 6.76. The van der Waals surface area contributed by atoms with Gasteiger partial charge in [-0.25, -0.2) is 0 Å². The van der Waals surface area contributed by atoms with Gasteiger partial charge in [-0.05, 0) is 49.2 Å². The minimum absolute atomic E-state index is 0.00609. The second kappa shape index (κ2) is 8.83. The van der Waals surface area contributed by atoms with Crippen LogP contribution in [0.15, 0.2) is 36.4 Å². The van der Waals surface area contributed by atoms with Gasteiger partial charge in [-0.15, -0.1) is 0 Å². The summed E-state index contributed by atoms with van der Waals surface area (Å²) in [4.78, 5) is 26.3. The highest BCUT2D eigenvalue weighted by molar-refractivity contribution is 6.44. The second-order valence-corrected chi connectivity index (χ2v) is 7.45. The molecule has 1 aliphatic heterocycles. The smallest absolute Gasteiger partial charge is 0.253 e. The standard InChI is InChI=1S/C19H18Cl3N3O2/c20-14-9-16(22)17(10-15(14)21)23-11-18(26)24-13-5-3-12(4-6-13)19(27)25-7-1-2-8-25/h3-6,9-10,23H,1-2,7-8,11H2,(H,24,26). The van der Waals surface area contributed by atoms with Crippen molar-refractivity contribution in [3.8, 4) is 0 Å². The van der Waals surface area contributed by atoms with Gasteiger partial charge in [0.05, 0.1) is 27.3 Å². The molecule has 0 aromatic heterocycles. The van der Waals surface area contributed by atoms with Gasteiger partial charge in [-0.1, -0.05) is 34.8 Å². The average Bonchev–Trinajstić information content (AvgIpc) is 3.18. The third-order valence-corrected chi connectivity index (χ3v) is 5.29. The summed E-state index contributed by atoms with van der Waals surface area (Å²) in [6, 6.07) is 9.96. The van der Waals surface area contributed by atoms with Gasteiger partial charge < -0.3 is 15.5 Å². The van der Waals surface area contributed by atoms with Crippen LogP contribution < -0.4 is 10.6 Å². The van der Waals surface area contributed by atoms with Gasteiger partial charge in [0.15, 0.2) is 0 Å². The van der Waals surface area contributed by atoms with E-state index in [2.05, 4.69) is 10.6 Å². The highest BCUT2D eigenvalue weighted by Crippen LogP contribution is 2.32. The Kier molecular flexibility index (Phi) is 6.47. The van der Waals surface area contributed by atoms with Gasteiger partial charge in [0.1, 0.15) is 0 Å². The summed E-state index contributed by atoms with van der Waals surface area (Å²) >= 11 is 17.9. The Balaban J connectivity index is 1.55. The van der Waals surface area contributed by atoms with Gasteiger partial charge >= 0.3 is 0 Å². The summed E-state index contributed by atoms with van der Waals surface area (Å²) in [7, 11) is 0. The first-order chi connectivity index (χ1) is 12.9. The number of likely N-dealkylation sites (tertiary alicyclic amines) is 1. The number of hydrogen-bond donors (Lipinski definition) is 2. The van der Waals surface area contributed by atoms with Crippen molar-refractivity contribution >= 4 is 58.0 Å². The predicted molar refractivity (Wildman–Crippen MR) is 110 cm³/mol. The summed E-state index contributed by atoms with van der Waals surface area (Å²) < 4.78 is 0. The Bertz CT molecular complexity index is 850. The van der Waals surface area contributed by atoms with Crippen molar-refractivity contribution in [3.05, 3.63) is 57.0 Å². The molecule has 1 saturated heterocycles. The van der Waals surface area contributed by atoms with Crippen LogP contribution in [0.3, 0.4) is 0 Å². The monoisotopic (exact) mass is 425 g/mol. The molecule has 2 N–H and O–H groups in total. The fraction of sp³-hybridized carbons (Fsp3) is 0.263. The number of carbonyl (C=O) groups is 2. The zero-order valence-corrected chi connectivity index (χ0v) is 16.7. The molecule has 142 valence electrons. The van der Waals surface area contributed by atoms with Crippen molar-refractivity contribution in [3.63, 3.8) is 0 Å². The van der Waals surface area contributed by atoms with Gasteiger partial charge in [-0.3, -0.25) is 9.59 Å². The SMILES string of the molecule is O=C(CNc1cc(Cl)c(Cl)cc1Cl)Nc1ccc(C(=O)N2CCCC2)cc1. The maximum absolute atomic E-state index is 12.3. The Morgan fingerprint density at radius 3 is 2.22 bits per heavy atom. The van der Waals surface area contributed by atoms with E-state index in [0.29, 0.717) is 32.0 Å². The number of amides is 2. The van der Waals surface area contributed by atoms with Crippen molar-refractivity contribution in [2.75, 3.05) is 30.3 Å². The quantitative estimate of drug-likeness (QED) is 0.666. The van der Waals surface area contributed by atoms with Crippen LogP contribution in [0.1, 0.15) is 23.2 Å². The van der Waals surface area contributed by atoms with Crippen LogP contribution >= 0.6 is 34.8 Å². The topological polar surface area (TPSA) is 61.4 Å². The molecule has 0 unspecified atom stereocenters. The fourth-order valence-electron chi connectivity index (χ4n) is 2.84. The zero-order chi connectivity index (χ0) is 19.4. The largest absolute Gasteiger partial charge is 0.375 e. The first-order valence-corrected chi connectivity index (χ1v) is 9.65. The molecule has 3 rings (SSSR count). The minimum atomic E-state index is -0.254. The molecule has 5 nitrogen and oxygen atoms in total. The van der Waals surface area contributed by atoms with Crippen molar-refractivity contribution in [2.45, 2.75) is 12.8 Å². The molecule has 0 atom stereocenters. The van der Waals surface area contributed by atoms with Crippen LogP contribution in [0.4, 0.5) is 11.4 Å². The number of hydrogen-bond acceptors (Lipinski definition) is 3. The van der Waals surface area contributed by atoms with Gasteiger partial charge in [0.2, 0.25) is 5.91 Å². The van der Waals surface area contributed by atoms with E-state index in [1.165, 1.54) is 6.07 Å². The number of anilines is 2. The molecule has 0 aliphatic carbocycles.